The van der Waals surface area contributed by atoms with Gasteiger partial charge < -0.3 is 10.2 Å². The Bertz CT molecular complexity index is 57.0. The van der Waals surface area contributed by atoms with Crippen molar-refractivity contribution in [2.45, 2.75) is 83.5 Å². The minimum absolute atomic E-state index is 1.00. The molecule has 2 nitrogen and oxygen atoms in total. The molecule has 1 aliphatic carbocycles. The Morgan fingerprint density at radius 2 is 0.353 bits per heavy atom. The summed E-state index contributed by atoms with van der Waals surface area (Å²) in [5.41, 5.74) is 0. The molecular weight excluding hydrogens is 212 g/mol. The van der Waals surface area contributed by atoms with Crippen LogP contribution in [0.25, 0.3) is 0 Å². The van der Waals surface area contributed by atoms with Gasteiger partial charge in [0.15, 0.2) is 0 Å². The van der Waals surface area contributed by atoms with Crippen LogP contribution in [0.5, 0.6) is 0 Å². The number of hydrogen-bond donors (Lipinski definition) is 2. The van der Waals surface area contributed by atoms with Crippen LogP contribution in [0.2, 0.25) is 0 Å². The first-order valence-corrected chi connectivity index (χ1v) is 7.39. The van der Waals surface area contributed by atoms with Gasteiger partial charge in [0.25, 0.3) is 0 Å². The lowest BCUT2D eigenvalue weighted by molar-refractivity contribution is 0.399. The molecule has 17 heavy (non-hydrogen) atoms. The molecular formula is C15H34O2. The van der Waals surface area contributed by atoms with Gasteiger partial charge in [0.05, 0.1) is 0 Å². The second-order valence-electron chi connectivity index (χ2n) is 4.60. The van der Waals surface area contributed by atoms with Gasteiger partial charge in [0.2, 0.25) is 0 Å². The zero-order chi connectivity index (χ0) is 13.2. The van der Waals surface area contributed by atoms with Crippen LogP contribution >= 0.6 is 0 Å². The first-order valence-electron chi connectivity index (χ1n) is 7.39. The molecule has 0 saturated heterocycles. The highest BCUT2D eigenvalue weighted by molar-refractivity contribution is 4.51. The Labute approximate surface area is 108 Å². The van der Waals surface area contributed by atoms with E-state index in [0.29, 0.717) is 0 Å². The monoisotopic (exact) mass is 246 g/mol. The molecule has 0 aromatic carbocycles. The zero-order valence-electron chi connectivity index (χ0n) is 12.1. The van der Waals surface area contributed by atoms with Crippen LogP contribution in [0.3, 0.4) is 0 Å². The van der Waals surface area contributed by atoms with Gasteiger partial charge in [-0.1, -0.05) is 83.5 Å². The van der Waals surface area contributed by atoms with E-state index in [0.717, 1.165) is 14.2 Å². The fourth-order valence-electron chi connectivity index (χ4n) is 2.30. The molecule has 2 N–H and O–H groups in total. The first kappa shape index (κ1) is 19.3. The topological polar surface area (TPSA) is 40.5 Å². The molecule has 0 bridgehead atoms. The lowest BCUT2D eigenvalue weighted by Crippen LogP contribution is -1.80. The Balaban J connectivity index is 0. The second kappa shape index (κ2) is 21.2. The number of aliphatic hydroxyl groups is 2. The predicted molar refractivity (Wildman–Crippen MR) is 76.3 cm³/mol. The van der Waals surface area contributed by atoms with Crippen molar-refractivity contribution in [3.63, 3.8) is 0 Å². The average molecular weight is 246 g/mol. The largest absolute Gasteiger partial charge is 0.400 e. The third-order valence-electron chi connectivity index (χ3n) is 3.25. The van der Waals surface area contributed by atoms with Crippen LogP contribution in [0.1, 0.15) is 83.5 Å². The van der Waals surface area contributed by atoms with Crippen molar-refractivity contribution >= 4 is 0 Å². The third-order valence-corrected chi connectivity index (χ3v) is 3.25. The molecule has 0 spiro atoms. The van der Waals surface area contributed by atoms with Crippen LogP contribution in [0.15, 0.2) is 0 Å². The normalized spacial score (nSPS) is 19.1. The van der Waals surface area contributed by atoms with Gasteiger partial charge in [-0.05, 0) is 0 Å². The number of aliphatic hydroxyl groups excluding tert-OH is 2. The highest BCUT2D eigenvalue weighted by atomic mass is 16.2. The fraction of sp³-hybridized carbons (Fsp3) is 1.00. The van der Waals surface area contributed by atoms with Crippen molar-refractivity contribution in [3.8, 4) is 0 Å². The molecule has 1 saturated carbocycles. The third kappa shape index (κ3) is 18.5. The average Bonchev–Trinajstić information content (AvgIpc) is 2.44. The maximum atomic E-state index is 7.00. The Hall–Kier alpha value is -0.0800. The molecule has 2 heteroatoms. The zero-order valence-corrected chi connectivity index (χ0v) is 12.1. The molecule has 1 fully saturated rings. The van der Waals surface area contributed by atoms with E-state index in [-0.39, 0.29) is 0 Å². The quantitative estimate of drug-likeness (QED) is 0.669. The molecule has 0 aromatic heterocycles. The van der Waals surface area contributed by atoms with E-state index in [1.54, 1.807) is 0 Å². The van der Waals surface area contributed by atoms with Crippen molar-refractivity contribution < 1.29 is 10.2 Å². The summed E-state index contributed by atoms with van der Waals surface area (Å²) in [5.74, 6) is 0. The molecule has 0 atom stereocenters. The van der Waals surface area contributed by atoms with E-state index in [2.05, 4.69) is 0 Å². The minimum atomic E-state index is 1.00. The van der Waals surface area contributed by atoms with Crippen LogP contribution in [0.4, 0.5) is 0 Å². The molecule has 0 aliphatic heterocycles. The standard InChI is InChI=1S/C13H26.2CH4O/c1-2-4-6-8-10-12-13-11-9-7-5-3-1;2*1-2/h1-13H2;2*2H,1H3. The molecule has 0 radical (unpaired) electrons. The van der Waals surface area contributed by atoms with Crippen LogP contribution in [-0.2, 0) is 0 Å². The Morgan fingerprint density at radius 1 is 0.294 bits per heavy atom. The van der Waals surface area contributed by atoms with Gasteiger partial charge in [-0.2, -0.15) is 0 Å². The summed E-state index contributed by atoms with van der Waals surface area (Å²) in [6.45, 7) is 0. The van der Waals surface area contributed by atoms with Crippen molar-refractivity contribution in [2.75, 3.05) is 14.2 Å². The van der Waals surface area contributed by atoms with Gasteiger partial charge in [-0.3, -0.25) is 0 Å². The summed E-state index contributed by atoms with van der Waals surface area (Å²) in [7, 11) is 2.00. The summed E-state index contributed by atoms with van der Waals surface area (Å²) in [5, 5.41) is 14.0. The minimum Gasteiger partial charge on any atom is -0.400 e. The van der Waals surface area contributed by atoms with Gasteiger partial charge >= 0.3 is 0 Å². The van der Waals surface area contributed by atoms with Crippen molar-refractivity contribution in [3.05, 3.63) is 0 Å². The molecule has 0 heterocycles. The van der Waals surface area contributed by atoms with Crippen LogP contribution < -0.4 is 0 Å². The smallest absolute Gasteiger partial charge is 0.0319 e. The molecule has 1 aliphatic rings. The van der Waals surface area contributed by atoms with E-state index < -0.39 is 0 Å². The molecule has 0 unspecified atom stereocenters. The van der Waals surface area contributed by atoms with Gasteiger partial charge in [0.1, 0.15) is 0 Å². The van der Waals surface area contributed by atoms with Crippen molar-refractivity contribution in [1.82, 2.24) is 0 Å². The van der Waals surface area contributed by atoms with E-state index in [1.807, 2.05) is 0 Å². The number of hydrogen-bond acceptors (Lipinski definition) is 2. The van der Waals surface area contributed by atoms with E-state index >= 15 is 0 Å². The SMILES string of the molecule is C1CCCCCCCCCCCC1.CO.CO. The maximum absolute atomic E-state index is 7.00. The van der Waals surface area contributed by atoms with Gasteiger partial charge in [0, 0.05) is 14.2 Å². The number of rotatable bonds is 0. The Morgan fingerprint density at radius 3 is 0.412 bits per heavy atom. The summed E-state index contributed by atoms with van der Waals surface area (Å²) < 4.78 is 0. The Kier molecular flexibility index (Phi) is 24.1. The van der Waals surface area contributed by atoms with Crippen molar-refractivity contribution in [2.24, 2.45) is 0 Å². The summed E-state index contributed by atoms with van der Waals surface area (Å²) in [6.07, 6.45) is 19.5. The van der Waals surface area contributed by atoms with Gasteiger partial charge in [-0.25, -0.2) is 0 Å². The lowest BCUT2D eigenvalue weighted by Gasteiger charge is -1.99. The van der Waals surface area contributed by atoms with Gasteiger partial charge in [-0.15, -0.1) is 0 Å². The van der Waals surface area contributed by atoms with E-state index in [1.165, 1.54) is 83.5 Å². The van der Waals surface area contributed by atoms with Crippen LogP contribution in [-0.4, -0.2) is 24.4 Å². The summed E-state index contributed by atoms with van der Waals surface area (Å²) >= 11 is 0. The molecule has 1 rings (SSSR count). The molecule has 0 amide bonds. The van der Waals surface area contributed by atoms with Crippen molar-refractivity contribution in [1.29, 1.82) is 0 Å². The highest BCUT2D eigenvalue weighted by Gasteiger charge is 1.96. The maximum Gasteiger partial charge on any atom is 0.0319 e. The van der Waals surface area contributed by atoms with E-state index in [9.17, 15) is 0 Å². The second-order valence-corrected chi connectivity index (χ2v) is 4.60. The fourth-order valence-corrected chi connectivity index (χ4v) is 2.30. The van der Waals surface area contributed by atoms with Crippen LogP contribution in [0, 0.1) is 0 Å². The molecule has 0 aromatic rings. The predicted octanol–water partition coefficient (Wildman–Crippen LogP) is 4.29. The lowest BCUT2D eigenvalue weighted by atomic mass is 10.1. The van der Waals surface area contributed by atoms with E-state index in [4.69, 9.17) is 10.2 Å². The summed E-state index contributed by atoms with van der Waals surface area (Å²) in [6, 6.07) is 0. The first-order chi connectivity index (χ1) is 8.50. The molecule has 106 valence electrons. The summed E-state index contributed by atoms with van der Waals surface area (Å²) in [4.78, 5) is 0. The highest BCUT2D eigenvalue weighted by Crippen LogP contribution is 2.15.